The molecule has 0 unspecified atom stereocenters. The fourth-order valence-corrected chi connectivity index (χ4v) is 15.1. The molecule has 0 saturated heterocycles. The van der Waals surface area contributed by atoms with Gasteiger partial charge < -0.3 is 10.2 Å². The molecule has 0 radical (unpaired) electrons. The molecule has 63 heavy (non-hydrogen) atoms. The van der Waals surface area contributed by atoms with Crippen molar-refractivity contribution in [3.63, 3.8) is 0 Å². The summed E-state index contributed by atoms with van der Waals surface area (Å²) in [6.45, 7) is 13.3. The fraction of sp³-hybridized carbons (Fsp3) is 0.508. The normalized spacial score (nSPS) is 28.7. The van der Waals surface area contributed by atoms with E-state index < -0.39 is 0 Å². The number of hydrogen-bond acceptors (Lipinski definition) is 3. The standard InChI is InChI=1S/C57H65NO2.2CH3.Zr/c1-32(2)42-10-12-44(48-14-34(5)16-50(54(48)59)56-26-36-18-37(27-56)20-38(19-36)28-56)46(24-42)52-8-7-9-53(58-52)47-25-43(33(3)4)11-13-45(47)49-15-35(6)17-51(55(49)60)57-29-39-21-40(30-57)23-41(22-39)31-57;;;/h7-17,24-25,32-33,36-41,59-60H,18-23,26-31H2,1-6H3;2*1H3;/q;;;+2/p-2. The van der Waals surface area contributed by atoms with Gasteiger partial charge in [0.2, 0.25) is 0 Å². The third-order valence-corrected chi connectivity index (χ3v) is 17.0. The van der Waals surface area contributed by atoms with Crippen molar-refractivity contribution >= 4 is 0 Å². The molecule has 8 aliphatic carbocycles. The van der Waals surface area contributed by atoms with Crippen LogP contribution in [0.5, 0.6) is 11.5 Å². The van der Waals surface area contributed by atoms with Crippen LogP contribution in [0.2, 0.25) is 9.26 Å². The van der Waals surface area contributed by atoms with Gasteiger partial charge in [0, 0.05) is 11.1 Å². The topological polar surface area (TPSA) is 59.0 Å². The van der Waals surface area contributed by atoms with Gasteiger partial charge in [0.25, 0.3) is 0 Å². The average molecular weight is 915 g/mol. The molecule has 8 saturated carbocycles. The van der Waals surface area contributed by atoms with E-state index in [-0.39, 0.29) is 45.6 Å². The molecule has 5 aromatic rings. The predicted octanol–water partition coefficient (Wildman–Crippen LogP) is 14.9. The number of aromatic nitrogens is 1. The molecule has 1 aromatic heterocycles. The number of rotatable bonds is 8. The van der Waals surface area contributed by atoms with Crippen molar-refractivity contribution in [1.82, 2.24) is 4.98 Å². The van der Waals surface area contributed by atoms with E-state index >= 15 is 10.2 Å². The van der Waals surface area contributed by atoms with Gasteiger partial charge in [0.05, 0.1) is 11.4 Å². The third-order valence-electron chi connectivity index (χ3n) is 17.0. The Labute approximate surface area is 390 Å². The van der Waals surface area contributed by atoms with Crippen molar-refractivity contribution in [1.29, 1.82) is 0 Å². The summed E-state index contributed by atoms with van der Waals surface area (Å²) < 4.78 is 4.59. The van der Waals surface area contributed by atoms with Crippen LogP contribution in [0.25, 0.3) is 44.8 Å². The molecule has 4 heteroatoms. The first-order chi connectivity index (χ1) is 30.2. The molecule has 0 atom stereocenters. The van der Waals surface area contributed by atoms with Gasteiger partial charge >= 0.3 is 32.5 Å². The Morgan fingerprint density at radius 3 is 1.13 bits per heavy atom. The fourth-order valence-electron chi connectivity index (χ4n) is 15.1. The number of benzene rings is 4. The van der Waals surface area contributed by atoms with Gasteiger partial charge in [-0.05, 0) is 218 Å². The predicted molar refractivity (Wildman–Crippen MR) is 254 cm³/mol. The maximum atomic E-state index is 15.1. The van der Waals surface area contributed by atoms with Crippen molar-refractivity contribution < 1.29 is 33.4 Å². The summed E-state index contributed by atoms with van der Waals surface area (Å²) in [7, 11) is 0. The van der Waals surface area contributed by atoms with E-state index in [0.29, 0.717) is 11.8 Å². The van der Waals surface area contributed by atoms with Gasteiger partial charge in [0.1, 0.15) is 0 Å². The van der Waals surface area contributed by atoms with Crippen LogP contribution in [0.1, 0.15) is 150 Å². The van der Waals surface area contributed by atoms with Crippen LogP contribution in [-0.4, -0.2) is 4.98 Å². The van der Waals surface area contributed by atoms with Crippen molar-refractivity contribution in [2.45, 2.75) is 151 Å². The van der Waals surface area contributed by atoms with E-state index in [1.807, 2.05) is 0 Å². The molecule has 0 N–H and O–H groups in total. The summed E-state index contributed by atoms with van der Waals surface area (Å²) in [6.07, 6.45) is 15.2. The van der Waals surface area contributed by atoms with Crippen LogP contribution in [0.15, 0.2) is 78.9 Å². The minimum atomic E-state index is 0.0202. The zero-order valence-corrected chi connectivity index (χ0v) is 41.8. The van der Waals surface area contributed by atoms with Crippen LogP contribution in [0.3, 0.4) is 0 Å². The van der Waals surface area contributed by atoms with Crippen molar-refractivity contribution in [2.24, 2.45) is 35.5 Å². The summed E-state index contributed by atoms with van der Waals surface area (Å²) >= 11 is 0.230. The molecule has 8 aliphatic rings. The summed E-state index contributed by atoms with van der Waals surface area (Å²) in [6, 6.07) is 28.6. The Morgan fingerprint density at radius 1 is 0.476 bits per heavy atom. The molecule has 3 nitrogen and oxygen atoms in total. The first-order valence-electron chi connectivity index (χ1n) is 24.7. The van der Waals surface area contributed by atoms with Crippen molar-refractivity contribution in [3.05, 3.63) is 112 Å². The van der Waals surface area contributed by atoms with E-state index in [2.05, 4.69) is 130 Å². The Bertz CT molecular complexity index is 2300. The second-order valence-corrected chi connectivity index (χ2v) is 25.1. The van der Waals surface area contributed by atoms with E-state index in [1.165, 1.54) is 99.3 Å². The van der Waals surface area contributed by atoms with Crippen LogP contribution in [-0.2, 0) is 34.1 Å². The zero-order valence-electron chi connectivity index (χ0n) is 39.4. The number of hydrogen-bond donors (Lipinski definition) is 0. The Hall–Kier alpha value is -3.49. The zero-order chi connectivity index (χ0) is 43.9. The number of nitrogens with zero attached hydrogens (tertiary/aromatic N) is 1. The number of pyridine rings is 1. The summed E-state index contributed by atoms with van der Waals surface area (Å²) in [4.78, 5) is 5.54. The van der Waals surface area contributed by atoms with Crippen LogP contribution >= 0.6 is 0 Å². The molecule has 13 rings (SSSR count). The van der Waals surface area contributed by atoms with E-state index in [0.717, 1.165) is 91.4 Å². The van der Waals surface area contributed by atoms with E-state index in [4.69, 9.17) is 4.98 Å². The first-order valence-corrected chi connectivity index (χ1v) is 29.7. The number of aryl methyl sites for hydroxylation is 2. The molecule has 8 fully saturated rings. The Balaban J connectivity index is 0.00000153. The van der Waals surface area contributed by atoms with Gasteiger partial charge in [-0.2, -0.15) is 0 Å². The molecular weight excluding hydrogens is 846 g/mol. The monoisotopic (exact) mass is 913 g/mol. The SMILES string of the molecule is Cc1cc(-c2ccc(C(C)C)cc2-c2cccc(-c3cc(C(C)C)ccc3-c3cc(C)cc(C45CC6CC(CC(C6)C4)C5)c3[O-])n2)c([O-])c(C23CC4CC(CC(C4)C2)C3)c1.[CH3][Zr+2][CH3]. The van der Waals surface area contributed by atoms with E-state index in [1.54, 1.807) is 0 Å². The Kier molecular flexibility index (Phi) is 11.5. The molecule has 8 bridgehead atoms. The second-order valence-electron chi connectivity index (χ2n) is 22.6. The van der Waals surface area contributed by atoms with Gasteiger partial charge in [-0.15, -0.1) is 0 Å². The molecule has 4 aromatic carbocycles. The van der Waals surface area contributed by atoms with Crippen LogP contribution in [0.4, 0.5) is 0 Å². The van der Waals surface area contributed by atoms with Crippen LogP contribution < -0.4 is 10.2 Å². The average Bonchev–Trinajstić information content (AvgIpc) is 3.24. The molecular formula is C59H69NO2Zr. The van der Waals surface area contributed by atoms with Gasteiger partial charge in [-0.25, -0.2) is 4.98 Å². The minimum absolute atomic E-state index is 0.0202. The molecule has 0 aliphatic heterocycles. The quantitative estimate of drug-likeness (QED) is 0.156. The third kappa shape index (κ3) is 7.83. The molecule has 1 heterocycles. The van der Waals surface area contributed by atoms with Crippen molar-refractivity contribution in [3.8, 4) is 56.3 Å². The second kappa shape index (κ2) is 16.7. The maximum absolute atomic E-state index is 15.1. The van der Waals surface area contributed by atoms with Gasteiger partial charge in [0.15, 0.2) is 0 Å². The van der Waals surface area contributed by atoms with Crippen LogP contribution in [0, 0.1) is 49.4 Å². The molecule has 326 valence electrons. The van der Waals surface area contributed by atoms with Crippen molar-refractivity contribution in [2.75, 3.05) is 0 Å². The molecule has 0 spiro atoms. The van der Waals surface area contributed by atoms with E-state index in [9.17, 15) is 0 Å². The summed E-state index contributed by atoms with van der Waals surface area (Å²) in [5, 5.41) is 30.1. The summed E-state index contributed by atoms with van der Waals surface area (Å²) in [5.74, 6) is 5.72. The first kappa shape index (κ1) is 43.4. The van der Waals surface area contributed by atoms with Gasteiger partial charge in [-0.1, -0.05) is 105 Å². The van der Waals surface area contributed by atoms with Gasteiger partial charge in [-0.3, -0.25) is 0 Å². The summed E-state index contributed by atoms with van der Waals surface area (Å²) in [5.41, 5.74) is 14.3. The Morgan fingerprint density at radius 2 is 0.810 bits per heavy atom. The molecule has 0 amide bonds.